The topological polar surface area (TPSA) is 68.5 Å². The average Bonchev–Trinajstić information content (AvgIpc) is 2.39. The van der Waals surface area contributed by atoms with Crippen LogP contribution >= 0.6 is 0 Å². The summed E-state index contributed by atoms with van der Waals surface area (Å²) in [6.07, 6.45) is 1.51. The monoisotopic (exact) mass is 275 g/mol. The first-order valence-corrected chi connectivity index (χ1v) is 6.40. The van der Waals surface area contributed by atoms with E-state index in [0.29, 0.717) is 17.7 Å². The molecule has 0 saturated heterocycles. The number of carboxylic acids is 1. The van der Waals surface area contributed by atoms with E-state index >= 15 is 0 Å². The number of ether oxygens (including phenoxy) is 1. The fraction of sp³-hybridized carbons (Fsp3) is 0.333. The quantitative estimate of drug-likeness (QED) is 0.929. The zero-order chi connectivity index (χ0) is 14.9. The number of hydrogen-bond donors (Lipinski definition) is 1. The normalized spacial score (nSPS) is 11.6. The van der Waals surface area contributed by atoms with E-state index in [1.165, 1.54) is 24.6 Å². The third-order valence-corrected chi connectivity index (χ3v) is 3.31. The van der Waals surface area contributed by atoms with E-state index in [-0.39, 0.29) is 5.56 Å². The van der Waals surface area contributed by atoms with E-state index in [0.717, 1.165) is 5.39 Å². The van der Waals surface area contributed by atoms with Crippen molar-refractivity contribution in [1.29, 1.82) is 0 Å². The maximum Gasteiger partial charge on any atom is 0.329 e. The van der Waals surface area contributed by atoms with Gasteiger partial charge in [0, 0.05) is 11.6 Å². The summed E-state index contributed by atoms with van der Waals surface area (Å²) in [7, 11) is 0. The van der Waals surface area contributed by atoms with Crippen LogP contribution in [0.3, 0.4) is 0 Å². The smallest absolute Gasteiger partial charge is 0.329 e. The first-order valence-electron chi connectivity index (χ1n) is 6.40. The van der Waals surface area contributed by atoms with Gasteiger partial charge in [-0.3, -0.25) is 9.36 Å². The molecule has 0 aliphatic carbocycles. The van der Waals surface area contributed by atoms with Crippen molar-refractivity contribution in [2.24, 2.45) is 0 Å². The zero-order valence-electron chi connectivity index (χ0n) is 11.7. The van der Waals surface area contributed by atoms with E-state index < -0.39 is 11.5 Å². The standard InChI is InChI=1S/C15H17NO4/c1-4-20-11-5-6-12-10(9-11)7-8-16(13(12)17)15(2,3)14(18)19/h5-9H,4H2,1-3H3,(H,18,19). The molecule has 0 aliphatic heterocycles. The minimum absolute atomic E-state index is 0.321. The van der Waals surface area contributed by atoms with Crippen LogP contribution in [0, 0.1) is 0 Å². The molecule has 0 bridgehead atoms. The molecule has 0 fully saturated rings. The van der Waals surface area contributed by atoms with Gasteiger partial charge in [0.25, 0.3) is 5.56 Å². The predicted octanol–water partition coefficient (Wildman–Crippen LogP) is 2.22. The number of rotatable bonds is 4. The highest BCUT2D eigenvalue weighted by Gasteiger charge is 2.30. The molecule has 0 amide bonds. The number of aliphatic carboxylic acids is 1. The van der Waals surface area contributed by atoms with Crippen molar-refractivity contribution in [3.05, 3.63) is 40.8 Å². The fourth-order valence-electron chi connectivity index (χ4n) is 2.03. The predicted molar refractivity (Wildman–Crippen MR) is 76.3 cm³/mol. The molecule has 0 saturated carbocycles. The Balaban J connectivity index is 2.64. The van der Waals surface area contributed by atoms with Gasteiger partial charge in [-0.05, 0) is 50.4 Å². The SMILES string of the molecule is CCOc1ccc2c(=O)n(C(C)(C)C(=O)O)ccc2c1. The molecule has 5 nitrogen and oxygen atoms in total. The fourth-order valence-corrected chi connectivity index (χ4v) is 2.03. The second-order valence-electron chi connectivity index (χ2n) is 5.04. The van der Waals surface area contributed by atoms with Gasteiger partial charge >= 0.3 is 5.97 Å². The lowest BCUT2D eigenvalue weighted by molar-refractivity contribution is -0.145. The second-order valence-corrected chi connectivity index (χ2v) is 5.04. The van der Waals surface area contributed by atoms with Gasteiger partial charge in [-0.25, -0.2) is 4.79 Å². The summed E-state index contributed by atoms with van der Waals surface area (Å²) in [5.74, 6) is -0.362. The van der Waals surface area contributed by atoms with Gasteiger partial charge in [0.2, 0.25) is 0 Å². The lowest BCUT2D eigenvalue weighted by atomic mass is 10.0. The van der Waals surface area contributed by atoms with Crippen molar-refractivity contribution in [3.8, 4) is 5.75 Å². The van der Waals surface area contributed by atoms with Crippen molar-refractivity contribution < 1.29 is 14.6 Å². The number of carbonyl (C=O) groups is 1. The van der Waals surface area contributed by atoms with E-state index in [1.807, 2.05) is 6.92 Å². The summed E-state index contributed by atoms with van der Waals surface area (Å²) in [5, 5.41) is 10.4. The van der Waals surface area contributed by atoms with E-state index in [4.69, 9.17) is 4.74 Å². The Morgan fingerprint density at radius 2 is 2.05 bits per heavy atom. The highest BCUT2D eigenvalue weighted by atomic mass is 16.5. The molecular weight excluding hydrogens is 258 g/mol. The number of fused-ring (bicyclic) bond motifs is 1. The Hall–Kier alpha value is -2.30. The average molecular weight is 275 g/mol. The molecule has 0 atom stereocenters. The van der Waals surface area contributed by atoms with Crippen LogP contribution in [0.2, 0.25) is 0 Å². The third-order valence-electron chi connectivity index (χ3n) is 3.31. The van der Waals surface area contributed by atoms with Crippen molar-refractivity contribution in [2.75, 3.05) is 6.61 Å². The summed E-state index contributed by atoms with van der Waals surface area (Å²) in [6, 6.07) is 6.88. The molecule has 0 aliphatic rings. The summed E-state index contributed by atoms with van der Waals surface area (Å²) < 4.78 is 6.62. The van der Waals surface area contributed by atoms with E-state index in [1.54, 1.807) is 24.3 Å². The van der Waals surface area contributed by atoms with Crippen LogP contribution in [0.5, 0.6) is 5.75 Å². The van der Waals surface area contributed by atoms with Gasteiger partial charge in [-0.2, -0.15) is 0 Å². The summed E-state index contributed by atoms with van der Waals surface area (Å²) in [5.41, 5.74) is -1.61. The van der Waals surface area contributed by atoms with E-state index in [9.17, 15) is 14.7 Å². The van der Waals surface area contributed by atoms with Crippen LogP contribution in [-0.4, -0.2) is 22.2 Å². The lowest BCUT2D eigenvalue weighted by Crippen LogP contribution is -2.42. The number of benzene rings is 1. The first-order chi connectivity index (χ1) is 9.37. The van der Waals surface area contributed by atoms with Crippen LogP contribution in [0.4, 0.5) is 0 Å². The van der Waals surface area contributed by atoms with Crippen LogP contribution in [0.25, 0.3) is 10.8 Å². The summed E-state index contributed by atoms with van der Waals surface area (Å²) in [6.45, 7) is 5.43. The molecule has 0 spiro atoms. The minimum Gasteiger partial charge on any atom is -0.494 e. The van der Waals surface area contributed by atoms with Crippen LogP contribution in [0.15, 0.2) is 35.3 Å². The molecule has 1 aromatic heterocycles. The molecule has 0 unspecified atom stereocenters. The maximum atomic E-state index is 12.4. The Kier molecular flexibility index (Phi) is 3.53. The molecule has 20 heavy (non-hydrogen) atoms. The van der Waals surface area contributed by atoms with Crippen LogP contribution in [0.1, 0.15) is 20.8 Å². The van der Waals surface area contributed by atoms with Crippen molar-refractivity contribution in [2.45, 2.75) is 26.3 Å². The van der Waals surface area contributed by atoms with Gasteiger partial charge in [0.1, 0.15) is 11.3 Å². The third kappa shape index (κ3) is 2.27. The highest BCUT2D eigenvalue weighted by Crippen LogP contribution is 2.20. The first kappa shape index (κ1) is 14.1. The molecule has 1 heterocycles. The van der Waals surface area contributed by atoms with Gasteiger partial charge < -0.3 is 9.84 Å². The van der Waals surface area contributed by atoms with Gasteiger partial charge in [0.05, 0.1) is 6.61 Å². The molecule has 0 radical (unpaired) electrons. The lowest BCUT2D eigenvalue weighted by Gasteiger charge is -2.22. The van der Waals surface area contributed by atoms with Crippen molar-refractivity contribution in [1.82, 2.24) is 4.57 Å². The molecule has 2 aromatic rings. The van der Waals surface area contributed by atoms with Crippen molar-refractivity contribution in [3.63, 3.8) is 0 Å². The van der Waals surface area contributed by atoms with Crippen LogP contribution < -0.4 is 10.3 Å². The van der Waals surface area contributed by atoms with Gasteiger partial charge in [-0.1, -0.05) is 0 Å². The summed E-state index contributed by atoms with van der Waals surface area (Å²) >= 11 is 0. The largest absolute Gasteiger partial charge is 0.494 e. The Morgan fingerprint density at radius 3 is 2.65 bits per heavy atom. The molecule has 106 valence electrons. The number of aromatic nitrogens is 1. The number of carboxylic acid groups (broad SMARTS) is 1. The minimum atomic E-state index is -1.29. The Morgan fingerprint density at radius 1 is 1.35 bits per heavy atom. The van der Waals surface area contributed by atoms with Gasteiger partial charge in [-0.15, -0.1) is 0 Å². The number of pyridine rings is 1. The number of hydrogen-bond acceptors (Lipinski definition) is 3. The van der Waals surface area contributed by atoms with Crippen LogP contribution in [-0.2, 0) is 10.3 Å². The Labute approximate surface area is 116 Å². The number of nitrogens with zero attached hydrogens (tertiary/aromatic N) is 1. The van der Waals surface area contributed by atoms with E-state index in [2.05, 4.69) is 0 Å². The molecule has 2 rings (SSSR count). The molecule has 1 N–H and O–H groups in total. The maximum absolute atomic E-state index is 12.4. The van der Waals surface area contributed by atoms with Gasteiger partial charge in [0.15, 0.2) is 0 Å². The zero-order valence-corrected chi connectivity index (χ0v) is 11.7. The Bertz CT molecular complexity index is 715. The molecule has 1 aromatic carbocycles. The highest BCUT2D eigenvalue weighted by molar-refractivity contribution is 5.84. The molecular formula is C15H17NO4. The summed E-state index contributed by atoms with van der Waals surface area (Å²) in [4.78, 5) is 23.7. The molecule has 5 heteroatoms. The van der Waals surface area contributed by atoms with Crippen molar-refractivity contribution >= 4 is 16.7 Å². The second kappa shape index (κ2) is 5.00.